The van der Waals surface area contributed by atoms with Crippen LogP contribution in [0.5, 0.6) is 0 Å². The van der Waals surface area contributed by atoms with E-state index in [1.54, 1.807) is 11.0 Å². The predicted molar refractivity (Wildman–Crippen MR) is 113 cm³/mol. The largest absolute Gasteiger partial charge is 0.396 e. The van der Waals surface area contributed by atoms with E-state index in [2.05, 4.69) is 29.3 Å². The number of amides is 1. The average Bonchev–Trinajstić information content (AvgIpc) is 3.38. The van der Waals surface area contributed by atoms with Crippen LogP contribution in [-0.4, -0.2) is 77.9 Å². The van der Waals surface area contributed by atoms with Crippen molar-refractivity contribution < 1.29 is 18.3 Å². The van der Waals surface area contributed by atoms with Gasteiger partial charge in [-0.15, -0.1) is 0 Å². The highest BCUT2D eigenvalue weighted by atomic mass is 32.2. The van der Waals surface area contributed by atoms with E-state index in [1.165, 1.54) is 16.1 Å². The van der Waals surface area contributed by atoms with E-state index < -0.39 is 15.4 Å². The Labute approximate surface area is 176 Å². The molecule has 4 rings (SSSR count). The molecule has 0 saturated carbocycles. The molecule has 0 unspecified atom stereocenters. The Morgan fingerprint density at radius 3 is 2.67 bits per heavy atom. The predicted octanol–water partition coefficient (Wildman–Crippen LogP) is 1.36. The van der Waals surface area contributed by atoms with Crippen molar-refractivity contribution in [2.24, 2.45) is 11.3 Å². The lowest BCUT2D eigenvalue weighted by Gasteiger charge is -2.42. The molecule has 1 aromatic heterocycles. The summed E-state index contributed by atoms with van der Waals surface area (Å²) in [5.74, 6) is -0.126. The lowest BCUT2D eigenvalue weighted by atomic mass is 9.74. The number of carbonyl (C=O) groups excluding carboxylic acids is 1. The van der Waals surface area contributed by atoms with E-state index in [-0.39, 0.29) is 25.0 Å². The second-order valence-corrected chi connectivity index (χ2v) is 10.5. The monoisotopic (exact) mass is 432 g/mol. The molecule has 2 saturated heterocycles. The van der Waals surface area contributed by atoms with Crippen molar-refractivity contribution in [1.82, 2.24) is 19.4 Å². The summed E-state index contributed by atoms with van der Waals surface area (Å²) in [6, 6.07) is 9.84. The highest BCUT2D eigenvalue weighted by Gasteiger charge is 2.52. The molecule has 30 heavy (non-hydrogen) atoms. The zero-order valence-corrected chi connectivity index (χ0v) is 18.2. The van der Waals surface area contributed by atoms with Crippen molar-refractivity contribution in [1.29, 1.82) is 0 Å². The number of nitrogens with zero attached hydrogens (tertiary/aromatic N) is 3. The standard InChI is InChI=1S/C21H28N4O4S/c1-3-15-4-6-16(7-5-15)18-10-19(23-22-18)20(27)24-9-8-17-11-25(30(2,28)29)13-21(17,12-24)14-26/h4-7,10,17,26H,3,8-9,11-14H2,1-2H3,(H,22,23)/t17-,21+/m0/s1. The number of aromatic amines is 1. The van der Waals surface area contributed by atoms with Crippen molar-refractivity contribution in [3.8, 4) is 11.3 Å². The van der Waals surface area contributed by atoms with E-state index in [0.717, 1.165) is 12.0 Å². The second kappa shape index (κ2) is 7.79. The third-order valence-corrected chi connectivity index (χ3v) is 7.79. The summed E-state index contributed by atoms with van der Waals surface area (Å²) in [7, 11) is -3.33. The van der Waals surface area contributed by atoms with Crippen molar-refractivity contribution in [3.05, 3.63) is 41.6 Å². The summed E-state index contributed by atoms with van der Waals surface area (Å²) in [6.45, 7) is 3.47. The van der Waals surface area contributed by atoms with Gasteiger partial charge in [0.2, 0.25) is 10.0 Å². The van der Waals surface area contributed by atoms with Crippen molar-refractivity contribution >= 4 is 15.9 Å². The quantitative estimate of drug-likeness (QED) is 0.742. The fourth-order valence-electron chi connectivity index (χ4n) is 4.65. The number of hydrogen-bond acceptors (Lipinski definition) is 5. The van der Waals surface area contributed by atoms with Crippen LogP contribution in [0, 0.1) is 11.3 Å². The van der Waals surface area contributed by atoms with Gasteiger partial charge in [0.05, 0.1) is 18.6 Å². The molecular weight excluding hydrogens is 404 g/mol. The number of fused-ring (bicyclic) bond motifs is 1. The van der Waals surface area contributed by atoms with Gasteiger partial charge in [-0.1, -0.05) is 31.2 Å². The Morgan fingerprint density at radius 1 is 1.30 bits per heavy atom. The van der Waals surface area contributed by atoms with E-state index in [4.69, 9.17) is 0 Å². The molecule has 2 aliphatic rings. The molecule has 2 fully saturated rings. The number of hydrogen-bond donors (Lipinski definition) is 2. The summed E-state index contributed by atoms with van der Waals surface area (Å²) in [4.78, 5) is 14.8. The van der Waals surface area contributed by atoms with Crippen molar-refractivity contribution in [2.45, 2.75) is 19.8 Å². The molecule has 8 nitrogen and oxygen atoms in total. The molecule has 1 amide bonds. The molecule has 0 spiro atoms. The van der Waals surface area contributed by atoms with Crippen LogP contribution in [0.3, 0.4) is 0 Å². The number of carbonyl (C=O) groups is 1. The number of benzene rings is 1. The molecule has 2 N–H and O–H groups in total. The molecule has 2 atom stereocenters. The van der Waals surface area contributed by atoms with E-state index in [1.807, 2.05) is 12.1 Å². The molecule has 2 aliphatic heterocycles. The molecule has 0 radical (unpaired) electrons. The maximum Gasteiger partial charge on any atom is 0.271 e. The minimum absolute atomic E-state index is 0.0516. The summed E-state index contributed by atoms with van der Waals surface area (Å²) in [5.41, 5.74) is 2.66. The summed E-state index contributed by atoms with van der Waals surface area (Å²) in [5, 5.41) is 17.3. The van der Waals surface area contributed by atoms with Gasteiger partial charge in [-0.05, 0) is 30.4 Å². The minimum Gasteiger partial charge on any atom is -0.396 e. The maximum absolute atomic E-state index is 13.1. The van der Waals surface area contributed by atoms with E-state index in [0.29, 0.717) is 37.4 Å². The minimum atomic E-state index is -3.33. The summed E-state index contributed by atoms with van der Waals surface area (Å²) < 4.78 is 25.4. The first-order valence-electron chi connectivity index (χ1n) is 10.3. The summed E-state index contributed by atoms with van der Waals surface area (Å²) >= 11 is 0. The SMILES string of the molecule is CCc1ccc(-c2cc(C(=O)N3CC[C@H]4CN(S(C)(=O)=O)C[C@@]4(CO)C3)[nH]n2)cc1. The van der Waals surface area contributed by atoms with Gasteiger partial charge in [-0.25, -0.2) is 12.7 Å². The Hall–Kier alpha value is -2.23. The van der Waals surface area contributed by atoms with E-state index in [9.17, 15) is 18.3 Å². The maximum atomic E-state index is 13.1. The fraction of sp³-hybridized carbons (Fsp3) is 0.524. The number of piperidine rings is 1. The molecule has 1 aromatic carbocycles. The van der Waals surface area contributed by atoms with Gasteiger partial charge in [0, 0.05) is 37.2 Å². The van der Waals surface area contributed by atoms with Crippen molar-refractivity contribution in [2.75, 3.05) is 39.0 Å². The molecule has 9 heteroatoms. The van der Waals surface area contributed by atoms with Crippen LogP contribution in [0.25, 0.3) is 11.3 Å². The number of sulfonamides is 1. The van der Waals surface area contributed by atoms with Gasteiger partial charge < -0.3 is 10.0 Å². The second-order valence-electron chi connectivity index (χ2n) is 8.51. The third-order valence-electron chi connectivity index (χ3n) is 6.57. The Kier molecular flexibility index (Phi) is 5.46. The van der Waals surface area contributed by atoms with Gasteiger partial charge in [0.1, 0.15) is 5.69 Å². The zero-order chi connectivity index (χ0) is 21.5. The van der Waals surface area contributed by atoms with Gasteiger partial charge >= 0.3 is 0 Å². The molecule has 2 aromatic rings. The Bertz CT molecular complexity index is 1030. The fourth-order valence-corrected chi connectivity index (χ4v) is 5.59. The van der Waals surface area contributed by atoms with Gasteiger partial charge in [0.25, 0.3) is 5.91 Å². The smallest absolute Gasteiger partial charge is 0.271 e. The van der Waals surface area contributed by atoms with E-state index >= 15 is 0 Å². The number of aromatic nitrogens is 2. The number of aliphatic hydroxyl groups is 1. The number of aryl methyl sites for hydroxylation is 1. The molecule has 3 heterocycles. The Balaban J connectivity index is 1.51. The number of H-pyrrole nitrogens is 1. The normalized spacial score (nSPS) is 24.8. The van der Waals surface area contributed by atoms with Crippen LogP contribution in [0.4, 0.5) is 0 Å². The van der Waals surface area contributed by atoms with Crippen LogP contribution in [0.15, 0.2) is 30.3 Å². The number of likely N-dealkylation sites (tertiary alicyclic amines) is 1. The van der Waals surface area contributed by atoms with Crippen LogP contribution < -0.4 is 0 Å². The Morgan fingerprint density at radius 2 is 2.03 bits per heavy atom. The lowest BCUT2D eigenvalue weighted by Crippen LogP contribution is -2.52. The first kappa shape index (κ1) is 21.0. The first-order chi connectivity index (χ1) is 14.3. The topological polar surface area (TPSA) is 107 Å². The summed E-state index contributed by atoms with van der Waals surface area (Å²) in [6.07, 6.45) is 2.82. The van der Waals surface area contributed by atoms with Crippen molar-refractivity contribution in [3.63, 3.8) is 0 Å². The van der Waals surface area contributed by atoms with Gasteiger partial charge in [-0.2, -0.15) is 5.10 Å². The van der Waals surface area contributed by atoms with Gasteiger partial charge in [-0.3, -0.25) is 9.89 Å². The number of rotatable bonds is 5. The molecule has 0 aliphatic carbocycles. The van der Waals surface area contributed by atoms with Crippen LogP contribution in [-0.2, 0) is 16.4 Å². The lowest BCUT2D eigenvalue weighted by molar-refractivity contribution is 0.0126. The third kappa shape index (κ3) is 3.77. The zero-order valence-electron chi connectivity index (χ0n) is 17.3. The van der Waals surface area contributed by atoms with Crippen LogP contribution in [0.1, 0.15) is 29.4 Å². The highest BCUT2D eigenvalue weighted by Crippen LogP contribution is 2.43. The number of aliphatic hydroxyl groups excluding tert-OH is 1. The van der Waals surface area contributed by atoms with Crippen LogP contribution in [0.2, 0.25) is 0 Å². The molecular formula is C21H28N4O4S. The number of nitrogens with one attached hydrogen (secondary N) is 1. The molecule has 162 valence electrons. The van der Waals surface area contributed by atoms with Crippen LogP contribution >= 0.6 is 0 Å². The average molecular weight is 433 g/mol. The first-order valence-corrected chi connectivity index (χ1v) is 12.1. The highest BCUT2D eigenvalue weighted by molar-refractivity contribution is 7.88. The van der Waals surface area contributed by atoms with Gasteiger partial charge in [0.15, 0.2) is 0 Å². The molecule has 0 bridgehead atoms.